The fourth-order valence-corrected chi connectivity index (χ4v) is 3.53. The zero-order valence-electron chi connectivity index (χ0n) is 15.9. The van der Waals surface area contributed by atoms with Crippen molar-refractivity contribution in [3.63, 3.8) is 0 Å². The SMILES string of the molecule is Cc1ccc(N(C)CCN2CCN(C)CC2)c(Cc2ccccc2)c1. The van der Waals surface area contributed by atoms with Gasteiger partial charge >= 0.3 is 0 Å². The highest BCUT2D eigenvalue weighted by Gasteiger charge is 2.15. The molecule has 0 atom stereocenters. The van der Waals surface area contributed by atoms with E-state index in [4.69, 9.17) is 0 Å². The van der Waals surface area contributed by atoms with Gasteiger partial charge in [0.2, 0.25) is 0 Å². The Hall–Kier alpha value is -1.84. The minimum Gasteiger partial charge on any atom is -0.373 e. The van der Waals surface area contributed by atoms with Crippen molar-refractivity contribution in [1.29, 1.82) is 0 Å². The molecule has 0 spiro atoms. The van der Waals surface area contributed by atoms with E-state index in [1.807, 2.05) is 0 Å². The molecule has 2 aromatic rings. The quantitative estimate of drug-likeness (QED) is 0.801. The first-order chi connectivity index (χ1) is 12.1. The molecule has 134 valence electrons. The van der Waals surface area contributed by atoms with Crippen molar-refractivity contribution in [2.75, 3.05) is 58.3 Å². The molecule has 0 bridgehead atoms. The molecule has 1 fully saturated rings. The summed E-state index contributed by atoms with van der Waals surface area (Å²) in [5, 5.41) is 0. The van der Waals surface area contributed by atoms with Crippen molar-refractivity contribution < 1.29 is 0 Å². The van der Waals surface area contributed by atoms with Gasteiger partial charge in [0.1, 0.15) is 0 Å². The van der Waals surface area contributed by atoms with Gasteiger partial charge < -0.3 is 9.80 Å². The molecule has 2 aromatic carbocycles. The van der Waals surface area contributed by atoms with E-state index in [0.717, 1.165) is 19.5 Å². The molecule has 0 radical (unpaired) electrons. The van der Waals surface area contributed by atoms with E-state index in [9.17, 15) is 0 Å². The summed E-state index contributed by atoms with van der Waals surface area (Å²) in [6.45, 7) is 9.16. The van der Waals surface area contributed by atoms with Crippen LogP contribution in [-0.4, -0.2) is 63.2 Å². The fourth-order valence-electron chi connectivity index (χ4n) is 3.53. The van der Waals surface area contributed by atoms with E-state index >= 15 is 0 Å². The summed E-state index contributed by atoms with van der Waals surface area (Å²) in [6.07, 6.45) is 0.997. The second kappa shape index (κ2) is 8.50. The number of rotatable bonds is 6. The lowest BCUT2D eigenvalue weighted by molar-refractivity contribution is 0.157. The van der Waals surface area contributed by atoms with E-state index in [-0.39, 0.29) is 0 Å². The maximum Gasteiger partial charge on any atom is 0.0400 e. The lowest BCUT2D eigenvalue weighted by Crippen LogP contribution is -2.46. The molecule has 0 amide bonds. The van der Waals surface area contributed by atoms with Crippen LogP contribution in [0.3, 0.4) is 0 Å². The van der Waals surface area contributed by atoms with Gasteiger partial charge in [-0.1, -0.05) is 48.0 Å². The Morgan fingerprint density at radius 1 is 0.960 bits per heavy atom. The summed E-state index contributed by atoms with van der Waals surface area (Å²) >= 11 is 0. The lowest BCUT2D eigenvalue weighted by atomic mass is 10.0. The molecule has 0 saturated carbocycles. The molecule has 0 N–H and O–H groups in total. The summed E-state index contributed by atoms with van der Waals surface area (Å²) in [4.78, 5) is 7.43. The summed E-state index contributed by atoms with van der Waals surface area (Å²) in [5.74, 6) is 0. The Bertz CT molecular complexity index is 660. The van der Waals surface area contributed by atoms with Gasteiger partial charge in [-0.2, -0.15) is 0 Å². The Balaban J connectivity index is 1.66. The molecule has 0 aliphatic carbocycles. The molecule has 3 rings (SSSR count). The van der Waals surface area contributed by atoms with Crippen molar-refractivity contribution in [2.45, 2.75) is 13.3 Å². The maximum atomic E-state index is 2.58. The highest BCUT2D eigenvalue weighted by Crippen LogP contribution is 2.24. The van der Waals surface area contributed by atoms with Crippen molar-refractivity contribution in [3.8, 4) is 0 Å². The summed E-state index contributed by atoms with van der Waals surface area (Å²) < 4.78 is 0. The van der Waals surface area contributed by atoms with Crippen LogP contribution in [-0.2, 0) is 6.42 Å². The van der Waals surface area contributed by atoms with Crippen LogP contribution < -0.4 is 4.90 Å². The molecule has 1 saturated heterocycles. The standard InChI is InChI=1S/C22H31N3/c1-19-9-10-22(21(17-19)18-20-7-5-4-6-8-20)24(3)13-16-25-14-11-23(2)12-15-25/h4-10,17H,11-16,18H2,1-3H3. The van der Waals surface area contributed by atoms with Gasteiger partial charge in [0.25, 0.3) is 0 Å². The van der Waals surface area contributed by atoms with E-state index in [1.54, 1.807) is 0 Å². The van der Waals surface area contributed by atoms with E-state index < -0.39 is 0 Å². The van der Waals surface area contributed by atoms with Crippen LogP contribution >= 0.6 is 0 Å². The van der Waals surface area contributed by atoms with E-state index in [1.165, 1.54) is 48.6 Å². The van der Waals surface area contributed by atoms with Gasteiger partial charge in [-0.25, -0.2) is 0 Å². The number of likely N-dealkylation sites (N-methyl/N-ethyl adjacent to an activating group) is 2. The second-order valence-corrected chi connectivity index (χ2v) is 7.36. The largest absolute Gasteiger partial charge is 0.373 e. The van der Waals surface area contributed by atoms with E-state index in [2.05, 4.69) is 84.2 Å². The van der Waals surface area contributed by atoms with Crippen LogP contribution in [0.5, 0.6) is 0 Å². The zero-order chi connectivity index (χ0) is 17.6. The Morgan fingerprint density at radius 3 is 2.40 bits per heavy atom. The fraction of sp³-hybridized carbons (Fsp3) is 0.455. The molecule has 0 unspecified atom stereocenters. The first-order valence-corrected chi connectivity index (χ1v) is 9.37. The average molecular weight is 338 g/mol. The van der Waals surface area contributed by atoms with Crippen LogP contribution in [0.2, 0.25) is 0 Å². The molecule has 1 aliphatic heterocycles. The third-order valence-corrected chi connectivity index (χ3v) is 5.23. The average Bonchev–Trinajstić information content (AvgIpc) is 2.62. The molecular weight excluding hydrogens is 306 g/mol. The molecule has 25 heavy (non-hydrogen) atoms. The lowest BCUT2D eigenvalue weighted by Gasteiger charge is -2.34. The molecule has 1 heterocycles. The maximum absolute atomic E-state index is 2.58. The van der Waals surface area contributed by atoms with Crippen molar-refractivity contribution in [2.24, 2.45) is 0 Å². The van der Waals surface area contributed by atoms with Gasteiger partial charge in [-0.3, -0.25) is 4.90 Å². The minimum absolute atomic E-state index is 0.997. The third-order valence-electron chi connectivity index (χ3n) is 5.23. The van der Waals surface area contributed by atoms with Crippen molar-refractivity contribution in [1.82, 2.24) is 9.80 Å². The normalized spacial score (nSPS) is 16.1. The van der Waals surface area contributed by atoms with Crippen LogP contribution in [0.25, 0.3) is 0 Å². The van der Waals surface area contributed by atoms with Gasteiger partial charge in [-0.05, 0) is 37.6 Å². The van der Waals surface area contributed by atoms with Crippen molar-refractivity contribution >= 4 is 5.69 Å². The number of anilines is 1. The number of aryl methyl sites for hydroxylation is 1. The molecule has 0 aromatic heterocycles. The zero-order valence-corrected chi connectivity index (χ0v) is 15.9. The van der Waals surface area contributed by atoms with E-state index in [0.29, 0.717) is 0 Å². The predicted octanol–water partition coefficient (Wildman–Crippen LogP) is 3.27. The predicted molar refractivity (Wildman–Crippen MR) is 108 cm³/mol. The monoisotopic (exact) mass is 337 g/mol. The summed E-state index contributed by atoms with van der Waals surface area (Å²) in [6, 6.07) is 17.6. The van der Waals surface area contributed by atoms with Crippen LogP contribution in [0.4, 0.5) is 5.69 Å². The Morgan fingerprint density at radius 2 is 1.68 bits per heavy atom. The number of piperazine rings is 1. The van der Waals surface area contributed by atoms with Crippen LogP contribution in [0.15, 0.2) is 48.5 Å². The first kappa shape index (κ1) is 18.0. The van der Waals surface area contributed by atoms with Gasteiger partial charge in [0, 0.05) is 52.0 Å². The minimum atomic E-state index is 0.997. The molecule has 3 nitrogen and oxygen atoms in total. The second-order valence-electron chi connectivity index (χ2n) is 7.36. The van der Waals surface area contributed by atoms with Crippen LogP contribution in [0.1, 0.15) is 16.7 Å². The number of benzene rings is 2. The number of nitrogens with zero attached hydrogens (tertiary/aromatic N) is 3. The summed E-state index contributed by atoms with van der Waals surface area (Å²) in [7, 11) is 4.45. The number of hydrogen-bond donors (Lipinski definition) is 0. The number of hydrogen-bond acceptors (Lipinski definition) is 3. The molecular formula is C22H31N3. The van der Waals surface area contributed by atoms with Crippen LogP contribution in [0, 0.1) is 6.92 Å². The topological polar surface area (TPSA) is 9.72 Å². The smallest absolute Gasteiger partial charge is 0.0400 e. The first-order valence-electron chi connectivity index (χ1n) is 9.37. The molecule has 1 aliphatic rings. The Kier molecular flexibility index (Phi) is 6.11. The van der Waals surface area contributed by atoms with Gasteiger partial charge in [0.05, 0.1) is 0 Å². The highest BCUT2D eigenvalue weighted by molar-refractivity contribution is 5.56. The Labute approximate surface area is 152 Å². The van der Waals surface area contributed by atoms with Gasteiger partial charge in [-0.15, -0.1) is 0 Å². The molecule has 3 heteroatoms. The summed E-state index contributed by atoms with van der Waals surface area (Å²) in [5.41, 5.74) is 5.50. The third kappa shape index (κ3) is 5.07. The van der Waals surface area contributed by atoms with Gasteiger partial charge in [0.15, 0.2) is 0 Å². The highest BCUT2D eigenvalue weighted by atomic mass is 15.3. The van der Waals surface area contributed by atoms with Crippen molar-refractivity contribution in [3.05, 3.63) is 65.2 Å².